The van der Waals surface area contributed by atoms with Crippen LogP contribution in [0.1, 0.15) is 39.0 Å². The van der Waals surface area contributed by atoms with E-state index in [0.29, 0.717) is 0 Å². The van der Waals surface area contributed by atoms with Gasteiger partial charge in [0.1, 0.15) is 10.5 Å². The Labute approximate surface area is 73.4 Å². The van der Waals surface area contributed by atoms with E-state index in [-0.39, 0.29) is 0 Å². The van der Waals surface area contributed by atoms with Crippen molar-refractivity contribution in [2.45, 2.75) is 39.0 Å². The summed E-state index contributed by atoms with van der Waals surface area (Å²) in [6.45, 7) is 3.17. The second kappa shape index (κ2) is 9.92. The van der Waals surface area contributed by atoms with Crippen LogP contribution in [0.4, 0.5) is 0 Å². The molecule has 0 fully saturated rings. The molecule has 0 amide bonds. The number of hydrogen-bond donors (Lipinski definition) is 0. The van der Waals surface area contributed by atoms with Crippen molar-refractivity contribution in [2.75, 3.05) is 6.61 Å². The van der Waals surface area contributed by atoms with Crippen molar-refractivity contribution in [3.63, 3.8) is 0 Å². The summed E-state index contributed by atoms with van der Waals surface area (Å²) >= 11 is 0. The van der Waals surface area contributed by atoms with Gasteiger partial charge in [-0.05, 0) is 19.3 Å². The zero-order valence-corrected chi connectivity index (χ0v) is 9.81. The topological polar surface area (TPSA) is 9.23 Å². The Kier molecular flexibility index (Phi) is 9.84. The van der Waals surface area contributed by atoms with Gasteiger partial charge in [-0.25, -0.2) is 0 Å². The highest BCUT2D eigenvalue weighted by Gasteiger charge is 1.81. The minimum Gasteiger partial charge on any atom is -0.428 e. The Morgan fingerprint density at radius 1 is 1.18 bits per heavy atom. The summed E-state index contributed by atoms with van der Waals surface area (Å²) in [5, 5.41) is 0. The van der Waals surface area contributed by atoms with Gasteiger partial charge in [0.15, 0.2) is 0 Å². The molecule has 2 heteroatoms. The first-order valence-electron chi connectivity index (χ1n) is 4.55. The molecule has 0 heterocycles. The lowest BCUT2D eigenvalue weighted by Crippen LogP contribution is -1.87. The van der Waals surface area contributed by atoms with Gasteiger partial charge in [0.2, 0.25) is 0 Å². The Morgan fingerprint density at radius 2 is 1.82 bits per heavy atom. The van der Waals surface area contributed by atoms with E-state index >= 15 is 0 Å². The first kappa shape index (κ1) is 10.9. The largest absolute Gasteiger partial charge is 0.428 e. The predicted octanol–water partition coefficient (Wildman–Crippen LogP) is 1.81. The molecule has 0 saturated heterocycles. The molecule has 0 aromatic carbocycles. The van der Waals surface area contributed by atoms with Crippen LogP contribution in [0, 0.1) is 0 Å². The second-order valence-electron chi connectivity index (χ2n) is 2.75. The lowest BCUT2D eigenvalue weighted by atomic mass is 10.2. The average Bonchev–Trinajstić information content (AvgIpc) is 2.03. The minimum atomic E-state index is 0.885. The molecule has 0 aromatic rings. The SMILES string of the molecule is CCCCC=CCCCO[SiH3]. The molecule has 0 bridgehead atoms. The summed E-state index contributed by atoms with van der Waals surface area (Å²) in [5.41, 5.74) is 0. The number of unbranched alkanes of at least 4 members (excludes halogenated alkanes) is 3. The van der Waals surface area contributed by atoms with Crippen LogP contribution < -0.4 is 0 Å². The van der Waals surface area contributed by atoms with Gasteiger partial charge in [0.05, 0.1) is 0 Å². The normalized spacial score (nSPS) is 11.4. The van der Waals surface area contributed by atoms with Crippen molar-refractivity contribution >= 4 is 10.5 Å². The first-order chi connectivity index (χ1) is 5.41. The molecule has 11 heavy (non-hydrogen) atoms. The lowest BCUT2D eigenvalue weighted by molar-refractivity contribution is 0.342. The van der Waals surface area contributed by atoms with Crippen molar-refractivity contribution in [3.05, 3.63) is 12.2 Å². The molecule has 0 rings (SSSR count). The van der Waals surface area contributed by atoms with Crippen molar-refractivity contribution in [1.29, 1.82) is 0 Å². The van der Waals surface area contributed by atoms with Crippen LogP contribution in [0.2, 0.25) is 0 Å². The van der Waals surface area contributed by atoms with Gasteiger partial charge in [-0.15, -0.1) is 0 Å². The zero-order valence-electron chi connectivity index (χ0n) is 7.81. The molecule has 0 aliphatic heterocycles. The fourth-order valence-electron chi connectivity index (χ4n) is 0.903. The fourth-order valence-corrected chi connectivity index (χ4v) is 1.19. The second-order valence-corrected chi connectivity index (χ2v) is 3.33. The predicted molar refractivity (Wildman–Crippen MR) is 53.8 cm³/mol. The molecule has 0 radical (unpaired) electrons. The van der Waals surface area contributed by atoms with E-state index in [0.717, 1.165) is 17.1 Å². The van der Waals surface area contributed by atoms with Crippen LogP contribution >= 0.6 is 0 Å². The number of hydrogen-bond acceptors (Lipinski definition) is 1. The number of allylic oxidation sites excluding steroid dienone is 2. The maximum absolute atomic E-state index is 5.07. The third-order valence-electron chi connectivity index (χ3n) is 1.61. The van der Waals surface area contributed by atoms with Gasteiger partial charge in [-0.3, -0.25) is 0 Å². The van der Waals surface area contributed by atoms with Gasteiger partial charge >= 0.3 is 0 Å². The maximum Gasteiger partial charge on any atom is 0.145 e. The third-order valence-corrected chi connectivity index (χ3v) is 2.02. The smallest absolute Gasteiger partial charge is 0.145 e. The molecule has 1 nitrogen and oxygen atoms in total. The summed E-state index contributed by atoms with van der Waals surface area (Å²) in [5.74, 6) is 0. The standard InChI is InChI=1S/C9H20OSi/c1-2-3-4-5-6-7-8-9-10-11/h5-6H,2-4,7-9H2,1,11H3. The Hall–Kier alpha value is -0.0831. The summed E-state index contributed by atoms with van der Waals surface area (Å²) in [6.07, 6.45) is 10.8. The van der Waals surface area contributed by atoms with Crippen LogP contribution in [0.25, 0.3) is 0 Å². The van der Waals surface area contributed by atoms with Gasteiger partial charge in [-0.2, -0.15) is 0 Å². The summed E-state index contributed by atoms with van der Waals surface area (Å²) in [4.78, 5) is 0. The van der Waals surface area contributed by atoms with Crippen molar-refractivity contribution < 1.29 is 4.43 Å². The highest BCUT2D eigenvalue weighted by Crippen LogP contribution is 1.97. The monoisotopic (exact) mass is 172 g/mol. The summed E-state index contributed by atoms with van der Waals surface area (Å²) < 4.78 is 5.07. The minimum absolute atomic E-state index is 0.885. The highest BCUT2D eigenvalue weighted by atomic mass is 28.2. The van der Waals surface area contributed by atoms with Crippen LogP contribution in [0.3, 0.4) is 0 Å². The lowest BCUT2D eigenvalue weighted by Gasteiger charge is -1.93. The maximum atomic E-state index is 5.07. The Balaban J connectivity index is 2.91. The molecule has 0 aliphatic rings. The van der Waals surface area contributed by atoms with Crippen molar-refractivity contribution in [2.24, 2.45) is 0 Å². The molecule has 0 atom stereocenters. The zero-order chi connectivity index (χ0) is 8.36. The van der Waals surface area contributed by atoms with Gasteiger partial charge in [0, 0.05) is 6.61 Å². The molecule has 0 saturated carbocycles. The van der Waals surface area contributed by atoms with Gasteiger partial charge in [0.25, 0.3) is 0 Å². The molecular formula is C9H20OSi. The molecule has 0 N–H and O–H groups in total. The molecule has 66 valence electrons. The molecule has 0 spiro atoms. The van der Waals surface area contributed by atoms with Crippen molar-refractivity contribution in [3.8, 4) is 0 Å². The first-order valence-corrected chi connectivity index (χ1v) is 5.37. The van der Waals surface area contributed by atoms with E-state index in [1.807, 2.05) is 0 Å². The molecule has 0 aliphatic carbocycles. The van der Waals surface area contributed by atoms with E-state index in [9.17, 15) is 0 Å². The van der Waals surface area contributed by atoms with Gasteiger partial charge in [-0.1, -0.05) is 31.9 Å². The Bertz CT molecular complexity index is 91.6. The Morgan fingerprint density at radius 3 is 2.36 bits per heavy atom. The van der Waals surface area contributed by atoms with E-state index in [2.05, 4.69) is 19.1 Å². The van der Waals surface area contributed by atoms with Crippen LogP contribution in [0.5, 0.6) is 0 Å². The molecule has 0 unspecified atom stereocenters. The van der Waals surface area contributed by atoms with E-state index < -0.39 is 0 Å². The summed E-state index contributed by atoms with van der Waals surface area (Å²) in [7, 11) is 0.885. The van der Waals surface area contributed by atoms with E-state index in [1.165, 1.54) is 32.1 Å². The fraction of sp³-hybridized carbons (Fsp3) is 0.778. The average molecular weight is 172 g/mol. The molecular weight excluding hydrogens is 152 g/mol. The van der Waals surface area contributed by atoms with E-state index in [1.54, 1.807) is 0 Å². The number of rotatable bonds is 7. The van der Waals surface area contributed by atoms with Crippen LogP contribution in [0.15, 0.2) is 12.2 Å². The third kappa shape index (κ3) is 9.92. The molecule has 0 aromatic heterocycles. The summed E-state index contributed by atoms with van der Waals surface area (Å²) in [6, 6.07) is 0. The van der Waals surface area contributed by atoms with E-state index in [4.69, 9.17) is 4.43 Å². The van der Waals surface area contributed by atoms with Crippen molar-refractivity contribution in [1.82, 2.24) is 0 Å². The van der Waals surface area contributed by atoms with Crippen LogP contribution in [-0.4, -0.2) is 17.1 Å². The highest BCUT2D eigenvalue weighted by molar-refractivity contribution is 5.97. The van der Waals surface area contributed by atoms with Crippen LogP contribution in [-0.2, 0) is 4.43 Å². The van der Waals surface area contributed by atoms with Gasteiger partial charge < -0.3 is 4.43 Å². The quantitative estimate of drug-likeness (QED) is 0.323.